The molecule has 0 bridgehead atoms. The van der Waals surface area contributed by atoms with Gasteiger partial charge in [-0.25, -0.2) is 4.98 Å². The minimum atomic E-state index is -0.350. The number of hydrogen-bond donors (Lipinski definition) is 1. The summed E-state index contributed by atoms with van der Waals surface area (Å²) in [5.74, 6) is 0.875. The van der Waals surface area contributed by atoms with Crippen molar-refractivity contribution in [2.75, 3.05) is 19.5 Å². The summed E-state index contributed by atoms with van der Waals surface area (Å²) in [4.78, 5) is 16.8. The molecule has 0 atom stereocenters. The maximum atomic E-state index is 12.4. The van der Waals surface area contributed by atoms with Crippen LogP contribution in [0.3, 0.4) is 0 Å². The Balaban J connectivity index is 1.82. The number of nitrogens with zero attached hydrogens (tertiary/aromatic N) is 1. The molecule has 0 fully saturated rings. The molecule has 0 aliphatic rings. The molecule has 0 unspecified atom stereocenters. The topological polar surface area (TPSA) is 60.5 Å². The van der Waals surface area contributed by atoms with Crippen LogP contribution in [-0.4, -0.2) is 25.1 Å². The molecular weight excluding hydrogens is 395 g/mol. The molecule has 8 heteroatoms. The van der Waals surface area contributed by atoms with E-state index in [1.54, 1.807) is 43.9 Å². The molecule has 1 N–H and O–H groups in total. The highest BCUT2D eigenvalue weighted by atomic mass is 35.5. The van der Waals surface area contributed by atoms with E-state index < -0.39 is 0 Å². The van der Waals surface area contributed by atoms with Crippen molar-refractivity contribution < 1.29 is 14.3 Å². The van der Waals surface area contributed by atoms with Gasteiger partial charge in [0.05, 0.1) is 24.9 Å². The van der Waals surface area contributed by atoms with Gasteiger partial charge < -0.3 is 14.8 Å². The normalized spacial score (nSPS) is 10.5. The van der Waals surface area contributed by atoms with Gasteiger partial charge in [-0.1, -0.05) is 23.2 Å². The minimum Gasteiger partial charge on any atom is -0.493 e. The Kier molecular flexibility index (Phi) is 5.66. The first-order chi connectivity index (χ1) is 12.5. The van der Waals surface area contributed by atoms with Gasteiger partial charge in [-0.05, 0) is 36.4 Å². The highest BCUT2D eigenvalue weighted by molar-refractivity contribution is 7.13. The van der Waals surface area contributed by atoms with Gasteiger partial charge in [0.2, 0.25) is 0 Å². The van der Waals surface area contributed by atoms with Crippen LogP contribution in [0.2, 0.25) is 10.0 Å². The van der Waals surface area contributed by atoms with Crippen LogP contribution in [0.1, 0.15) is 10.5 Å². The molecule has 1 amide bonds. The van der Waals surface area contributed by atoms with Crippen LogP contribution in [0.5, 0.6) is 11.5 Å². The summed E-state index contributed by atoms with van der Waals surface area (Å²) < 4.78 is 10.5. The molecule has 26 heavy (non-hydrogen) atoms. The molecule has 3 rings (SSSR count). The van der Waals surface area contributed by atoms with E-state index in [2.05, 4.69) is 10.3 Å². The molecule has 0 saturated heterocycles. The van der Waals surface area contributed by atoms with Gasteiger partial charge in [0, 0.05) is 16.0 Å². The second-order valence-electron chi connectivity index (χ2n) is 5.19. The largest absolute Gasteiger partial charge is 0.493 e. The van der Waals surface area contributed by atoms with Gasteiger partial charge in [-0.15, -0.1) is 11.3 Å². The summed E-state index contributed by atoms with van der Waals surface area (Å²) in [5, 5.41) is 5.97. The van der Waals surface area contributed by atoms with E-state index in [9.17, 15) is 4.79 Å². The first-order valence-electron chi connectivity index (χ1n) is 7.46. The lowest BCUT2D eigenvalue weighted by Crippen LogP contribution is -2.12. The van der Waals surface area contributed by atoms with Crippen molar-refractivity contribution in [3.8, 4) is 22.1 Å². The van der Waals surface area contributed by atoms with Crippen molar-refractivity contribution in [1.82, 2.24) is 4.98 Å². The number of ether oxygens (including phenoxy) is 2. The molecule has 1 aromatic heterocycles. The Labute approximate surface area is 164 Å². The van der Waals surface area contributed by atoms with Crippen LogP contribution in [0.15, 0.2) is 41.8 Å². The first kappa shape index (κ1) is 18.5. The quantitative estimate of drug-likeness (QED) is 0.614. The smallest absolute Gasteiger partial charge is 0.275 e. The number of methoxy groups -OCH3 is 2. The van der Waals surface area contributed by atoms with E-state index in [1.807, 2.05) is 12.1 Å². The molecule has 0 aliphatic carbocycles. The van der Waals surface area contributed by atoms with Crippen molar-refractivity contribution in [3.63, 3.8) is 0 Å². The highest BCUT2D eigenvalue weighted by Gasteiger charge is 2.15. The molecule has 3 aromatic rings. The van der Waals surface area contributed by atoms with Crippen LogP contribution in [0.4, 0.5) is 5.69 Å². The Bertz CT molecular complexity index is 959. The summed E-state index contributed by atoms with van der Waals surface area (Å²) >= 11 is 13.3. The van der Waals surface area contributed by atoms with Crippen LogP contribution in [-0.2, 0) is 0 Å². The average molecular weight is 409 g/mol. The zero-order chi connectivity index (χ0) is 18.7. The van der Waals surface area contributed by atoms with Crippen LogP contribution in [0.25, 0.3) is 10.6 Å². The van der Waals surface area contributed by atoms with E-state index in [4.69, 9.17) is 32.7 Å². The van der Waals surface area contributed by atoms with E-state index >= 15 is 0 Å². The number of carbonyl (C=O) groups excluding carboxylic acids is 1. The Morgan fingerprint density at radius 3 is 2.54 bits per heavy atom. The Hall–Kier alpha value is -2.28. The number of hydrogen-bond acceptors (Lipinski definition) is 5. The van der Waals surface area contributed by atoms with Gasteiger partial charge >= 0.3 is 0 Å². The monoisotopic (exact) mass is 408 g/mol. The number of carbonyl (C=O) groups is 1. The number of aromatic nitrogens is 1. The summed E-state index contributed by atoms with van der Waals surface area (Å²) in [6.07, 6.45) is 0. The number of halogens is 2. The summed E-state index contributed by atoms with van der Waals surface area (Å²) in [6.45, 7) is 0. The molecule has 5 nitrogen and oxygen atoms in total. The lowest BCUT2D eigenvalue weighted by atomic mass is 10.2. The van der Waals surface area contributed by atoms with Crippen molar-refractivity contribution in [3.05, 3.63) is 57.5 Å². The lowest BCUT2D eigenvalue weighted by molar-refractivity contribution is 0.102. The van der Waals surface area contributed by atoms with Gasteiger partial charge in [-0.2, -0.15) is 0 Å². The number of benzene rings is 2. The van der Waals surface area contributed by atoms with E-state index in [0.717, 1.165) is 5.56 Å². The van der Waals surface area contributed by atoms with Crippen molar-refractivity contribution in [2.24, 2.45) is 0 Å². The molecule has 0 spiro atoms. The third-order valence-electron chi connectivity index (χ3n) is 3.55. The molecule has 2 aromatic carbocycles. The zero-order valence-corrected chi connectivity index (χ0v) is 16.2. The van der Waals surface area contributed by atoms with Crippen LogP contribution in [0, 0.1) is 0 Å². The van der Waals surface area contributed by atoms with E-state index in [-0.39, 0.29) is 5.91 Å². The molecule has 134 valence electrons. The van der Waals surface area contributed by atoms with Crippen molar-refractivity contribution >= 4 is 46.1 Å². The first-order valence-corrected chi connectivity index (χ1v) is 9.09. The summed E-state index contributed by atoms with van der Waals surface area (Å²) in [5.41, 5.74) is 1.60. The SMILES string of the molecule is COc1ccc(-c2nc(C(=O)Nc3ccc(Cl)cc3Cl)cs2)cc1OC. The molecule has 1 heterocycles. The predicted octanol–water partition coefficient (Wildman–Crippen LogP) is 5.39. The molecule has 0 radical (unpaired) electrons. The average Bonchev–Trinajstić information content (AvgIpc) is 3.13. The van der Waals surface area contributed by atoms with Gasteiger partial charge in [0.1, 0.15) is 10.7 Å². The summed E-state index contributed by atoms with van der Waals surface area (Å²) in [6, 6.07) is 10.3. The molecular formula is C18H14Cl2N2O3S. The maximum absolute atomic E-state index is 12.4. The maximum Gasteiger partial charge on any atom is 0.275 e. The minimum absolute atomic E-state index is 0.297. The predicted molar refractivity (Wildman–Crippen MR) is 105 cm³/mol. The zero-order valence-electron chi connectivity index (χ0n) is 13.9. The van der Waals surface area contributed by atoms with Crippen LogP contribution < -0.4 is 14.8 Å². The number of rotatable bonds is 5. The molecule has 0 aliphatic heterocycles. The number of nitrogens with one attached hydrogen (secondary N) is 1. The fraction of sp³-hybridized carbons (Fsp3) is 0.111. The number of amides is 1. The van der Waals surface area contributed by atoms with Gasteiger partial charge in [0.15, 0.2) is 11.5 Å². The van der Waals surface area contributed by atoms with E-state index in [0.29, 0.717) is 37.9 Å². The Morgan fingerprint density at radius 1 is 1.08 bits per heavy atom. The van der Waals surface area contributed by atoms with Crippen molar-refractivity contribution in [1.29, 1.82) is 0 Å². The second kappa shape index (κ2) is 7.95. The fourth-order valence-corrected chi connectivity index (χ4v) is 3.51. The third kappa shape index (κ3) is 3.93. The highest BCUT2D eigenvalue weighted by Crippen LogP contribution is 2.33. The second-order valence-corrected chi connectivity index (χ2v) is 6.89. The van der Waals surface area contributed by atoms with Gasteiger partial charge in [0.25, 0.3) is 5.91 Å². The lowest BCUT2D eigenvalue weighted by Gasteiger charge is -2.08. The standard InChI is InChI=1S/C18H14Cl2N2O3S/c1-24-15-6-3-10(7-16(15)25-2)18-22-14(9-26-18)17(23)21-13-5-4-11(19)8-12(13)20/h3-9H,1-2H3,(H,21,23). The van der Waals surface area contributed by atoms with Gasteiger partial charge in [-0.3, -0.25) is 4.79 Å². The summed E-state index contributed by atoms with van der Waals surface area (Å²) in [7, 11) is 3.14. The van der Waals surface area contributed by atoms with E-state index in [1.165, 1.54) is 11.3 Å². The Morgan fingerprint density at radius 2 is 1.85 bits per heavy atom. The molecule has 0 saturated carbocycles. The van der Waals surface area contributed by atoms with Crippen LogP contribution >= 0.6 is 34.5 Å². The number of anilines is 1. The number of thiazole rings is 1. The third-order valence-corrected chi connectivity index (χ3v) is 4.99. The fourth-order valence-electron chi connectivity index (χ4n) is 2.26. The van der Waals surface area contributed by atoms with Crippen molar-refractivity contribution in [2.45, 2.75) is 0 Å².